The lowest BCUT2D eigenvalue weighted by molar-refractivity contribution is -0.143. The van der Waals surface area contributed by atoms with Gasteiger partial charge in [0.15, 0.2) is 0 Å². The molecule has 0 radical (unpaired) electrons. The van der Waals surface area contributed by atoms with Crippen LogP contribution in [0.3, 0.4) is 0 Å². The summed E-state index contributed by atoms with van der Waals surface area (Å²) in [7, 11) is 0. The Morgan fingerprint density at radius 3 is 2.66 bits per heavy atom. The first-order valence-corrected chi connectivity index (χ1v) is 12.1. The zero-order valence-corrected chi connectivity index (χ0v) is 17.7. The second-order valence-corrected chi connectivity index (χ2v) is 9.52. The SMILES string of the molecule is CSCC(=O)N1CC[C@@H]2NC(=O)[C@H]3C[C@H](NC(=O)C4CCCCC4)CN3C(=O)[C@H]21. The average molecular weight is 423 g/mol. The second kappa shape index (κ2) is 8.53. The lowest BCUT2D eigenvalue weighted by atomic mass is 9.88. The maximum absolute atomic E-state index is 13.3. The first-order valence-electron chi connectivity index (χ1n) is 10.7. The van der Waals surface area contributed by atoms with Gasteiger partial charge in [0, 0.05) is 25.0 Å². The highest BCUT2D eigenvalue weighted by Crippen LogP contribution is 2.30. The Labute approximate surface area is 175 Å². The van der Waals surface area contributed by atoms with Gasteiger partial charge in [-0.25, -0.2) is 0 Å². The number of amides is 4. The molecule has 160 valence electrons. The van der Waals surface area contributed by atoms with Crippen LogP contribution in [0.2, 0.25) is 0 Å². The van der Waals surface area contributed by atoms with E-state index < -0.39 is 12.1 Å². The van der Waals surface area contributed by atoms with Crippen LogP contribution in [0, 0.1) is 5.92 Å². The standard InChI is InChI=1S/C20H30N4O4S/c1-29-11-16(25)23-8-7-14-17(23)20(28)24-10-13(9-15(24)19(27)22-14)21-18(26)12-5-3-2-4-6-12/h12-15,17H,2-11H2,1H3,(H,21,26)(H,22,27)/t13-,14-,15+,17-/m0/s1. The topological polar surface area (TPSA) is 98.8 Å². The van der Waals surface area contributed by atoms with Gasteiger partial charge >= 0.3 is 0 Å². The summed E-state index contributed by atoms with van der Waals surface area (Å²) in [5, 5.41) is 6.08. The first kappa shape index (κ1) is 20.5. The second-order valence-electron chi connectivity index (χ2n) is 8.65. The molecule has 3 aliphatic heterocycles. The van der Waals surface area contributed by atoms with E-state index in [4.69, 9.17) is 0 Å². The molecule has 4 amide bonds. The molecule has 3 heterocycles. The minimum absolute atomic E-state index is 0.0487. The van der Waals surface area contributed by atoms with Gasteiger partial charge in [0.25, 0.3) is 0 Å². The fourth-order valence-corrected chi connectivity index (χ4v) is 5.71. The molecule has 2 N–H and O–H groups in total. The lowest BCUT2D eigenvalue weighted by Crippen LogP contribution is -2.53. The molecular formula is C20H30N4O4S. The molecule has 4 aliphatic rings. The number of hydrogen-bond donors (Lipinski definition) is 2. The molecule has 9 heteroatoms. The van der Waals surface area contributed by atoms with E-state index in [2.05, 4.69) is 10.6 Å². The molecule has 0 unspecified atom stereocenters. The third kappa shape index (κ3) is 3.98. The molecule has 0 aromatic rings. The van der Waals surface area contributed by atoms with Crippen LogP contribution in [0.1, 0.15) is 44.9 Å². The van der Waals surface area contributed by atoms with Gasteiger partial charge < -0.3 is 20.4 Å². The zero-order chi connectivity index (χ0) is 20.5. The van der Waals surface area contributed by atoms with Crippen LogP contribution in [0.4, 0.5) is 0 Å². The zero-order valence-electron chi connectivity index (χ0n) is 16.9. The van der Waals surface area contributed by atoms with E-state index in [0.29, 0.717) is 31.7 Å². The minimum Gasteiger partial charge on any atom is -0.351 e. The predicted molar refractivity (Wildman–Crippen MR) is 109 cm³/mol. The average Bonchev–Trinajstić information content (AvgIpc) is 3.31. The molecule has 1 saturated carbocycles. The minimum atomic E-state index is -0.628. The fourth-order valence-electron chi connectivity index (χ4n) is 5.30. The van der Waals surface area contributed by atoms with Gasteiger partial charge in [0.1, 0.15) is 12.1 Å². The number of likely N-dealkylation sites (tertiary alicyclic amines) is 1. The van der Waals surface area contributed by atoms with Crippen LogP contribution in [-0.4, -0.2) is 82.7 Å². The van der Waals surface area contributed by atoms with E-state index >= 15 is 0 Å². The molecule has 29 heavy (non-hydrogen) atoms. The molecule has 0 bridgehead atoms. The number of fused-ring (bicyclic) bond motifs is 2. The van der Waals surface area contributed by atoms with Crippen LogP contribution in [0.25, 0.3) is 0 Å². The van der Waals surface area contributed by atoms with E-state index in [9.17, 15) is 19.2 Å². The van der Waals surface area contributed by atoms with Crippen molar-refractivity contribution in [2.45, 2.75) is 69.1 Å². The van der Waals surface area contributed by atoms with Crippen LogP contribution in [0.5, 0.6) is 0 Å². The summed E-state index contributed by atoms with van der Waals surface area (Å²) in [6, 6.07) is -1.72. The molecule has 0 aromatic carbocycles. The van der Waals surface area contributed by atoms with Crippen LogP contribution in [-0.2, 0) is 19.2 Å². The molecule has 1 aliphatic carbocycles. The lowest BCUT2D eigenvalue weighted by Gasteiger charge is -2.29. The van der Waals surface area contributed by atoms with Crippen molar-refractivity contribution in [3.63, 3.8) is 0 Å². The van der Waals surface area contributed by atoms with Gasteiger partial charge in [0.05, 0.1) is 11.8 Å². The van der Waals surface area contributed by atoms with Crippen molar-refractivity contribution in [1.29, 1.82) is 0 Å². The number of carbonyl (C=O) groups is 4. The van der Waals surface area contributed by atoms with Crippen LogP contribution >= 0.6 is 11.8 Å². The van der Waals surface area contributed by atoms with Crippen molar-refractivity contribution in [3.8, 4) is 0 Å². The molecule has 4 fully saturated rings. The molecule has 8 nitrogen and oxygen atoms in total. The summed E-state index contributed by atoms with van der Waals surface area (Å²) in [6.07, 6.45) is 8.09. The van der Waals surface area contributed by atoms with Crippen molar-refractivity contribution in [3.05, 3.63) is 0 Å². The third-order valence-electron chi connectivity index (χ3n) is 6.78. The highest BCUT2D eigenvalue weighted by atomic mass is 32.2. The Bertz CT molecular complexity index is 696. The van der Waals surface area contributed by atoms with E-state index in [-0.39, 0.29) is 41.6 Å². The Balaban J connectivity index is 1.45. The van der Waals surface area contributed by atoms with Crippen molar-refractivity contribution < 1.29 is 19.2 Å². The van der Waals surface area contributed by atoms with E-state index in [1.54, 1.807) is 9.80 Å². The molecule has 0 spiro atoms. The third-order valence-corrected chi connectivity index (χ3v) is 7.31. The highest BCUT2D eigenvalue weighted by Gasteiger charge is 2.52. The largest absolute Gasteiger partial charge is 0.351 e. The van der Waals surface area contributed by atoms with Gasteiger partial charge in [-0.15, -0.1) is 0 Å². The summed E-state index contributed by atoms with van der Waals surface area (Å²) in [5.41, 5.74) is 0. The van der Waals surface area contributed by atoms with Gasteiger partial charge in [0.2, 0.25) is 23.6 Å². The Hall–Kier alpha value is -1.77. The monoisotopic (exact) mass is 422 g/mol. The Kier molecular flexibility index (Phi) is 6.03. The summed E-state index contributed by atoms with van der Waals surface area (Å²) in [4.78, 5) is 54.4. The maximum atomic E-state index is 13.3. The van der Waals surface area contributed by atoms with Crippen LogP contribution in [0.15, 0.2) is 0 Å². The number of carbonyl (C=O) groups excluding carboxylic acids is 4. The smallest absolute Gasteiger partial charge is 0.248 e. The molecular weight excluding hydrogens is 392 g/mol. The van der Waals surface area contributed by atoms with Crippen LogP contribution < -0.4 is 10.6 Å². The number of hydrogen-bond acceptors (Lipinski definition) is 5. The fraction of sp³-hybridized carbons (Fsp3) is 0.800. The molecule has 0 aromatic heterocycles. The normalized spacial score (nSPS) is 32.4. The van der Waals surface area contributed by atoms with Crippen molar-refractivity contribution >= 4 is 35.4 Å². The summed E-state index contributed by atoms with van der Waals surface area (Å²) in [6.45, 7) is 0.824. The van der Waals surface area contributed by atoms with Crippen molar-refractivity contribution in [2.24, 2.45) is 5.92 Å². The Morgan fingerprint density at radius 1 is 1.17 bits per heavy atom. The number of rotatable bonds is 4. The van der Waals surface area contributed by atoms with E-state index in [1.165, 1.54) is 18.2 Å². The molecule has 4 rings (SSSR count). The number of thioether (sulfide) groups is 1. The maximum Gasteiger partial charge on any atom is 0.248 e. The number of nitrogens with zero attached hydrogens (tertiary/aromatic N) is 2. The summed E-state index contributed by atoms with van der Waals surface area (Å²) in [5.74, 6) is 0.0309. The van der Waals surface area contributed by atoms with Gasteiger partial charge in [-0.3, -0.25) is 19.2 Å². The number of nitrogens with one attached hydrogen (secondary N) is 2. The van der Waals surface area contributed by atoms with Gasteiger partial charge in [-0.1, -0.05) is 19.3 Å². The van der Waals surface area contributed by atoms with Crippen molar-refractivity contribution in [1.82, 2.24) is 20.4 Å². The quantitative estimate of drug-likeness (QED) is 0.670. The van der Waals surface area contributed by atoms with Crippen molar-refractivity contribution in [2.75, 3.05) is 25.1 Å². The summed E-state index contributed by atoms with van der Waals surface area (Å²) >= 11 is 1.43. The van der Waals surface area contributed by atoms with E-state index in [0.717, 1.165) is 25.7 Å². The first-order chi connectivity index (χ1) is 14.0. The summed E-state index contributed by atoms with van der Waals surface area (Å²) < 4.78 is 0. The van der Waals surface area contributed by atoms with E-state index in [1.807, 2.05) is 6.26 Å². The Morgan fingerprint density at radius 2 is 1.93 bits per heavy atom. The molecule has 3 saturated heterocycles. The van der Waals surface area contributed by atoms with Gasteiger partial charge in [-0.2, -0.15) is 11.8 Å². The molecule has 4 atom stereocenters. The van der Waals surface area contributed by atoms with Gasteiger partial charge in [-0.05, 0) is 31.9 Å². The predicted octanol–water partition coefficient (Wildman–Crippen LogP) is 0.115. The highest BCUT2D eigenvalue weighted by molar-refractivity contribution is 7.99.